The Kier molecular flexibility index (Phi) is 5.89. The normalized spacial score (nSPS) is 17.1. The molecule has 36 heavy (non-hydrogen) atoms. The number of rotatable bonds is 4. The smallest absolute Gasteiger partial charge is 0.337 e. The number of aliphatic hydroxyl groups excluding tert-OH is 1. The lowest BCUT2D eigenvalue weighted by Crippen LogP contribution is -2.29. The van der Waals surface area contributed by atoms with Crippen molar-refractivity contribution in [3.8, 4) is 0 Å². The number of carbonyl (C=O) groups is 3. The monoisotopic (exact) mass is 498 g/mol. The summed E-state index contributed by atoms with van der Waals surface area (Å²) in [4.78, 5) is 44.8. The number of amides is 1. The summed E-state index contributed by atoms with van der Waals surface area (Å²) in [6.45, 7) is 3.94. The molecule has 7 nitrogen and oxygen atoms in total. The highest BCUT2D eigenvalue weighted by atomic mass is 32.1. The minimum absolute atomic E-state index is 0.0378. The fourth-order valence-corrected chi connectivity index (χ4v) is 5.65. The quantitative estimate of drug-likeness (QED) is 0.177. The van der Waals surface area contributed by atoms with Gasteiger partial charge in [-0.15, -0.1) is 0 Å². The van der Waals surface area contributed by atoms with E-state index in [0.717, 1.165) is 21.3 Å². The summed E-state index contributed by atoms with van der Waals surface area (Å²) >= 11 is 1.31. The molecule has 1 fully saturated rings. The number of anilines is 1. The summed E-state index contributed by atoms with van der Waals surface area (Å²) in [6, 6.07) is 18.1. The van der Waals surface area contributed by atoms with Gasteiger partial charge in [-0.25, -0.2) is 9.78 Å². The Bertz CT molecular complexity index is 1550. The van der Waals surface area contributed by atoms with Gasteiger partial charge in [0.1, 0.15) is 5.76 Å². The van der Waals surface area contributed by atoms with E-state index in [1.54, 1.807) is 54.6 Å². The highest BCUT2D eigenvalue weighted by molar-refractivity contribution is 7.22. The number of carbonyl (C=O) groups excluding carboxylic acids is 3. The van der Waals surface area contributed by atoms with Crippen LogP contribution in [0.5, 0.6) is 0 Å². The molecule has 5 rings (SSSR count). The topological polar surface area (TPSA) is 96.8 Å². The van der Waals surface area contributed by atoms with Gasteiger partial charge < -0.3 is 9.84 Å². The maximum Gasteiger partial charge on any atom is 0.337 e. The molecule has 1 N–H and O–H groups in total. The van der Waals surface area contributed by atoms with E-state index in [4.69, 9.17) is 9.72 Å². The van der Waals surface area contributed by atoms with Gasteiger partial charge in [0.05, 0.1) is 34.5 Å². The lowest BCUT2D eigenvalue weighted by molar-refractivity contribution is -0.132. The molecule has 1 saturated heterocycles. The standard InChI is InChI=1S/C28H22N2O5S/c1-15-13-16(2)22-20(14-15)36-28(29-22)30-23(17-9-11-19(12-10-17)27(34)35-3)21(25(32)26(30)33)24(31)18-7-5-4-6-8-18/h4-14,23,31H,1-3H3/b24-21+. The minimum Gasteiger partial charge on any atom is -0.507 e. The number of Topliss-reactive ketones (excluding diaryl/α,β-unsaturated/α-hetero) is 1. The average Bonchev–Trinajstić information content (AvgIpc) is 3.42. The number of esters is 1. The number of ether oxygens (including phenoxy) is 1. The van der Waals surface area contributed by atoms with Gasteiger partial charge in [-0.1, -0.05) is 59.9 Å². The van der Waals surface area contributed by atoms with E-state index in [-0.39, 0.29) is 11.3 Å². The number of ketones is 1. The Morgan fingerprint density at radius 1 is 1.00 bits per heavy atom. The van der Waals surface area contributed by atoms with Crippen LogP contribution in [0.3, 0.4) is 0 Å². The first kappa shape index (κ1) is 23.4. The van der Waals surface area contributed by atoms with Crippen LogP contribution >= 0.6 is 11.3 Å². The molecule has 3 aromatic carbocycles. The van der Waals surface area contributed by atoms with E-state index in [1.807, 2.05) is 26.0 Å². The molecule has 0 aliphatic carbocycles. The lowest BCUT2D eigenvalue weighted by Gasteiger charge is -2.23. The maximum atomic E-state index is 13.4. The number of hydrogen-bond acceptors (Lipinski definition) is 7. The van der Waals surface area contributed by atoms with Crippen molar-refractivity contribution in [2.75, 3.05) is 12.0 Å². The zero-order valence-electron chi connectivity index (χ0n) is 19.8. The zero-order chi connectivity index (χ0) is 25.6. The van der Waals surface area contributed by atoms with Gasteiger partial charge in [0.2, 0.25) is 0 Å². The second-order valence-electron chi connectivity index (χ2n) is 8.57. The van der Waals surface area contributed by atoms with Gasteiger partial charge in [-0.3, -0.25) is 14.5 Å². The van der Waals surface area contributed by atoms with Crippen molar-refractivity contribution in [1.82, 2.24) is 4.98 Å². The molecular weight excluding hydrogens is 476 g/mol. The lowest BCUT2D eigenvalue weighted by atomic mass is 9.95. The molecule has 1 aliphatic heterocycles. The van der Waals surface area contributed by atoms with Crippen molar-refractivity contribution >= 4 is 50.1 Å². The fourth-order valence-electron chi connectivity index (χ4n) is 4.48. The predicted molar refractivity (Wildman–Crippen MR) is 138 cm³/mol. The van der Waals surface area contributed by atoms with E-state index in [0.29, 0.717) is 21.8 Å². The third kappa shape index (κ3) is 3.85. The first-order chi connectivity index (χ1) is 17.3. The molecule has 0 radical (unpaired) electrons. The van der Waals surface area contributed by atoms with Crippen LogP contribution in [0.15, 0.2) is 72.3 Å². The Morgan fingerprint density at radius 3 is 2.36 bits per heavy atom. The SMILES string of the molecule is COC(=O)c1ccc(C2/C(=C(\O)c3ccccc3)C(=O)C(=O)N2c2nc3c(C)cc(C)cc3s2)cc1. The Balaban J connectivity index is 1.72. The molecule has 1 atom stereocenters. The summed E-state index contributed by atoms with van der Waals surface area (Å²) < 4.78 is 5.68. The van der Waals surface area contributed by atoms with Gasteiger partial charge in [-0.05, 0) is 48.7 Å². The molecule has 2 heterocycles. The zero-order valence-corrected chi connectivity index (χ0v) is 20.6. The van der Waals surface area contributed by atoms with E-state index in [2.05, 4.69) is 0 Å². The van der Waals surface area contributed by atoms with Crippen LogP contribution in [0, 0.1) is 13.8 Å². The predicted octanol–water partition coefficient (Wildman–Crippen LogP) is 5.33. The van der Waals surface area contributed by atoms with Gasteiger partial charge in [0.25, 0.3) is 5.78 Å². The molecule has 1 aromatic heterocycles. The molecule has 0 spiro atoms. The Labute approximate surface area is 211 Å². The molecule has 1 aliphatic rings. The van der Waals surface area contributed by atoms with Gasteiger partial charge in [-0.2, -0.15) is 0 Å². The number of aromatic nitrogens is 1. The first-order valence-corrected chi connectivity index (χ1v) is 12.0. The minimum atomic E-state index is -0.932. The van der Waals surface area contributed by atoms with Crippen LogP contribution in [0.4, 0.5) is 5.13 Å². The van der Waals surface area contributed by atoms with E-state index in [1.165, 1.54) is 23.3 Å². The number of benzene rings is 3. The highest BCUT2D eigenvalue weighted by Crippen LogP contribution is 2.44. The molecule has 1 amide bonds. The van der Waals surface area contributed by atoms with E-state index < -0.39 is 23.7 Å². The summed E-state index contributed by atoms with van der Waals surface area (Å²) in [7, 11) is 1.29. The van der Waals surface area contributed by atoms with Crippen LogP contribution in [-0.4, -0.2) is 34.9 Å². The third-order valence-electron chi connectivity index (χ3n) is 6.16. The fraction of sp³-hybridized carbons (Fsp3) is 0.143. The molecule has 1 unspecified atom stereocenters. The Morgan fingerprint density at radius 2 is 1.69 bits per heavy atom. The summed E-state index contributed by atoms with van der Waals surface area (Å²) in [6.07, 6.45) is 0. The van der Waals surface area contributed by atoms with Crippen LogP contribution < -0.4 is 4.90 Å². The van der Waals surface area contributed by atoms with Gasteiger partial charge in [0, 0.05) is 5.56 Å². The van der Waals surface area contributed by atoms with Crippen LogP contribution in [0.2, 0.25) is 0 Å². The van der Waals surface area contributed by atoms with Crippen molar-refractivity contribution < 1.29 is 24.2 Å². The number of thiazole rings is 1. The summed E-state index contributed by atoms with van der Waals surface area (Å²) in [5.74, 6) is -2.35. The van der Waals surface area contributed by atoms with Crippen LogP contribution in [0.1, 0.15) is 38.7 Å². The Hall–Kier alpha value is -4.30. The largest absolute Gasteiger partial charge is 0.507 e. The average molecular weight is 499 g/mol. The molecule has 0 bridgehead atoms. The van der Waals surface area contributed by atoms with Crippen LogP contribution in [-0.2, 0) is 14.3 Å². The van der Waals surface area contributed by atoms with Crippen molar-refractivity contribution in [2.24, 2.45) is 0 Å². The number of nitrogens with zero attached hydrogens (tertiary/aromatic N) is 2. The first-order valence-electron chi connectivity index (χ1n) is 11.2. The molecule has 8 heteroatoms. The van der Waals surface area contributed by atoms with E-state index in [9.17, 15) is 19.5 Å². The van der Waals surface area contributed by atoms with Crippen LogP contribution in [0.25, 0.3) is 16.0 Å². The number of aliphatic hydroxyl groups is 1. The second-order valence-corrected chi connectivity index (χ2v) is 9.58. The van der Waals surface area contributed by atoms with Crippen molar-refractivity contribution in [1.29, 1.82) is 0 Å². The molecular formula is C28H22N2O5S. The van der Waals surface area contributed by atoms with Crippen molar-refractivity contribution in [2.45, 2.75) is 19.9 Å². The van der Waals surface area contributed by atoms with E-state index >= 15 is 0 Å². The van der Waals surface area contributed by atoms with Crippen molar-refractivity contribution in [3.05, 3.63) is 100 Å². The van der Waals surface area contributed by atoms with Crippen molar-refractivity contribution in [3.63, 3.8) is 0 Å². The number of aryl methyl sites for hydroxylation is 2. The third-order valence-corrected chi connectivity index (χ3v) is 7.17. The molecule has 0 saturated carbocycles. The summed E-state index contributed by atoms with van der Waals surface area (Å²) in [5, 5.41) is 11.6. The highest BCUT2D eigenvalue weighted by Gasteiger charge is 2.48. The van der Waals surface area contributed by atoms with Gasteiger partial charge in [0.15, 0.2) is 5.13 Å². The molecule has 4 aromatic rings. The number of methoxy groups -OCH3 is 1. The summed E-state index contributed by atoms with van der Waals surface area (Å²) in [5.41, 5.74) is 4.04. The van der Waals surface area contributed by atoms with Gasteiger partial charge >= 0.3 is 11.9 Å². The second kappa shape index (κ2) is 9.05. The molecule has 180 valence electrons. The number of hydrogen-bond donors (Lipinski definition) is 1. The maximum absolute atomic E-state index is 13.4. The number of fused-ring (bicyclic) bond motifs is 1.